The normalized spacial score (nSPS) is 21.2. The number of ketones is 1. The van der Waals surface area contributed by atoms with Crippen molar-refractivity contribution >= 4 is 5.78 Å². The third kappa shape index (κ3) is 4.02. The average Bonchev–Trinajstić information content (AvgIpc) is 2.27. The summed E-state index contributed by atoms with van der Waals surface area (Å²) in [6.07, 6.45) is 0. The molecule has 1 aromatic carbocycles. The fourth-order valence-corrected chi connectivity index (χ4v) is 3.08. The molecular weight excluding hydrogens is 273 g/mol. The van der Waals surface area contributed by atoms with Gasteiger partial charge in [-0.3, -0.25) is 9.69 Å². The molecule has 2 rings (SSSR count). The van der Waals surface area contributed by atoms with Crippen LogP contribution in [0, 0.1) is 5.82 Å². The van der Waals surface area contributed by atoms with E-state index >= 15 is 0 Å². The van der Waals surface area contributed by atoms with Crippen molar-refractivity contribution in [1.29, 1.82) is 0 Å². The van der Waals surface area contributed by atoms with E-state index in [-0.39, 0.29) is 34.8 Å². The third-order valence-electron chi connectivity index (χ3n) is 3.39. The van der Waals surface area contributed by atoms with Gasteiger partial charge in [0.15, 0.2) is 5.78 Å². The third-order valence-corrected chi connectivity index (χ3v) is 3.39. The van der Waals surface area contributed by atoms with Crippen LogP contribution in [0.2, 0.25) is 0 Å². The number of phenolic OH excluding ortho intramolecular Hbond substituents is 1. The van der Waals surface area contributed by atoms with E-state index in [9.17, 15) is 14.3 Å². The zero-order valence-electron chi connectivity index (χ0n) is 12.9. The minimum absolute atomic E-state index is 0.0251. The second-order valence-electron chi connectivity index (χ2n) is 6.85. The van der Waals surface area contributed by atoms with Gasteiger partial charge >= 0.3 is 0 Å². The lowest BCUT2D eigenvalue weighted by Crippen LogP contribution is -2.58. The second kappa shape index (κ2) is 5.39. The molecule has 0 unspecified atom stereocenters. The molecule has 116 valence electrons. The van der Waals surface area contributed by atoms with Crippen molar-refractivity contribution in [1.82, 2.24) is 4.90 Å². The number of halogens is 1. The van der Waals surface area contributed by atoms with Gasteiger partial charge in [-0.15, -0.1) is 0 Å². The second-order valence-corrected chi connectivity index (χ2v) is 6.85. The highest BCUT2D eigenvalue weighted by molar-refractivity contribution is 6.00. The predicted octanol–water partition coefficient (Wildman–Crippen LogP) is 2.60. The van der Waals surface area contributed by atoms with Gasteiger partial charge in [0.1, 0.15) is 11.6 Å². The molecule has 4 nitrogen and oxygen atoms in total. The maximum absolute atomic E-state index is 13.2. The van der Waals surface area contributed by atoms with Gasteiger partial charge in [0, 0.05) is 13.1 Å². The van der Waals surface area contributed by atoms with Gasteiger partial charge in [-0.25, -0.2) is 4.39 Å². The van der Waals surface area contributed by atoms with E-state index in [1.54, 1.807) is 0 Å². The molecule has 1 aromatic rings. The first-order valence-corrected chi connectivity index (χ1v) is 7.02. The molecule has 1 fully saturated rings. The molecule has 0 aromatic heterocycles. The van der Waals surface area contributed by atoms with Crippen molar-refractivity contribution in [2.24, 2.45) is 0 Å². The number of nitrogens with zero attached hydrogens (tertiary/aromatic N) is 1. The van der Waals surface area contributed by atoms with Gasteiger partial charge in [0.2, 0.25) is 0 Å². The first-order chi connectivity index (χ1) is 9.58. The highest BCUT2D eigenvalue weighted by Crippen LogP contribution is 2.28. The summed E-state index contributed by atoms with van der Waals surface area (Å²) in [6, 6.07) is 3.41. The molecule has 1 aliphatic rings. The van der Waals surface area contributed by atoms with E-state index in [4.69, 9.17) is 4.74 Å². The number of aromatic hydroxyl groups is 1. The number of ether oxygens (including phenoxy) is 1. The molecule has 5 heteroatoms. The molecule has 1 saturated heterocycles. The van der Waals surface area contributed by atoms with Crippen LogP contribution in [0.25, 0.3) is 0 Å². The number of Topliss-reactive ketones (excluding diaryl/α,β-unsaturated/α-hetero) is 1. The van der Waals surface area contributed by atoms with Crippen molar-refractivity contribution < 1.29 is 19.0 Å². The van der Waals surface area contributed by atoms with Crippen molar-refractivity contribution in [3.8, 4) is 5.75 Å². The van der Waals surface area contributed by atoms with Gasteiger partial charge < -0.3 is 9.84 Å². The Labute approximate surface area is 124 Å². The van der Waals surface area contributed by atoms with Crippen molar-refractivity contribution in [3.63, 3.8) is 0 Å². The number of hydrogen-bond donors (Lipinski definition) is 1. The largest absolute Gasteiger partial charge is 0.507 e. The van der Waals surface area contributed by atoms with E-state index < -0.39 is 5.82 Å². The van der Waals surface area contributed by atoms with Crippen LogP contribution >= 0.6 is 0 Å². The molecule has 0 spiro atoms. The molecule has 0 atom stereocenters. The zero-order chi connectivity index (χ0) is 15.8. The topological polar surface area (TPSA) is 49.8 Å². The van der Waals surface area contributed by atoms with Crippen molar-refractivity contribution in [2.45, 2.75) is 38.9 Å². The van der Waals surface area contributed by atoms with Crippen LogP contribution in [0.4, 0.5) is 4.39 Å². The first-order valence-electron chi connectivity index (χ1n) is 7.02. The van der Waals surface area contributed by atoms with Crippen molar-refractivity contribution in [3.05, 3.63) is 29.6 Å². The highest BCUT2D eigenvalue weighted by atomic mass is 19.1. The summed E-state index contributed by atoms with van der Waals surface area (Å²) in [5.41, 5.74) is -0.685. The van der Waals surface area contributed by atoms with Crippen LogP contribution in [-0.4, -0.2) is 46.6 Å². The van der Waals surface area contributed by atoms with Crippen LogP contribution in [0.15, 0.2) is 18.2 Å². The summed E-state index contributed by atoms with van der Waals surface area (Å²) in [4.78, 5) is 14.3. The van der Waals surface area contributed by atoms with E-state index in [1.807, 2.05) is 32.6 Å². The lowest BCUT2D eigenvalue weighted by molar-refractivity contribution is -0.178. The summed E-state index contributed by atoms with van der Waals surface area (Å²) in [7, 11) is 0. The first kappa shape index (κ1) is 15.9. The Morgan fingerprint density at radius 3 is 2.43 bits per heavy atom. The number of phenols is 1. The van der Waals surface area contributed by atoms with Crippen LogP contribution in [0.3, 0.4) is 0 Å². The predicted molar refractivity (Wildman–Crippen MR) is 78.1 cm³/mol. The number of morpholine rings is 1. The summed E-state index contributed by atoms with van der Waals surface area (Å²) >= 11 is 0. The van der Waals surface area contributed by atoms with Crippen LogP contribution in [-0.2, 0) is 4.74 Å². The lowest BCUT2D eigenvalue weighted by atomic mass is 9.98. The van der Waals surface area contributed by atoms with Crippen LogP contribution < -0.4 is 0 Å². The Hall–Kier alpha value is -1.46. The Morgan fingerprint density at radius 1 is 1.29 bits per heavy atom. The van der Waals surface area contributed by atoms with Gasteiger partial charge in [-0.2, -0.15) is 0 Å². The zero-order valence-corrected chi connectivity index (χ0v) is 12.9. The molecule has 0 radical (unpaired) electrons. The summed E-state index contributed by atoms with van der Waals surface area (Å²) in [5, 5.41) is 9.71. The fraction of sp³-hybridized carbons (Fsp3) is 0.562. The Bertz CT molecular complexity index is 538. The summed E-state index contributed by atoms with van der Waals surface area (Å²) in [5.74, 6) is -1.01. The minimum atomic E-state index is -0.529. The monoisotopic (exact) mass is 295 g/mol. The van der Waals surface area contributed by atoms with Gasteiger partial charge in [-0.05, 0) is 45.9 Å². The minimum Gasteiger partial charge on any atom is -0.507 e. The van der Waals surface area contributed by atoms with Crippen LogP contribution in [0.1, 0.15) is 38.1 Å². The quantitative estimate of drug-likeness (QED) is 0.871. The standard InChI is InChI=1S/C16H22FNO3/c1-15(2)9-18(10-16(3,4)21-15)8-14(20)12-7-11(17)5-6-13(12)19/h5-7,19H,8-10H2,1-4H3. The van der Waals surface area contributed by atoms with Gasteiger partial charge in [0.05, 0.1) is 23.3 Å². The van der Waals surface area contributed by atoms with Crippen molar-refractivity contribution in [2.75, 3.05) is 19.6 Å². The lowest BCUT2D eigenvalue weighted by Gasteiger charge is -2.47. The Balaban J connectivity index is 2.14. The molecule has 0 bridgehead atoms. The molecule has 21 heavy (non-hydrogen) atoms. The SMILES string of the molecule is CC1(C)CN(CC(=O)c2cc(F)ccc2O)CC(C)(C)O1. The summed E-state index contributed by atoms with van der Waals surface area (Å²) < 4.78 is 19.2. The highest BCUT2D eigenvalue weighted by Gasteiger charge is 2.38. The van der Waals surface area contributed by atoms with Crippen LogP contribution in [0.5, 0.6) is 5.75 Å². The van der Waals surface area contributed by atoms with E-state index in [0.717, 1.165) is 12.1 Å². The van der Waals surface area contributed by atoms with E-state index in [0.29, 0.717) is 13.1 Å². The molecule has 1 aliphatic heterocycles. The number of carbonyl (C=O) groups excluding carboxylic acids is 1. The molecular formula is C16H22FNO3. The number of rotatable bonds is 3. The average molecular weight is 295 g/mol. The van der Waals surface area contributed by atoms with Gasteiger partial charge in [0.25, 0.3) is 0 Å². The Kier molecular flexibility index (Phi) is 4.08. The fourth-order valence-electron chi connectivity index (χ4n) is 3.08. The number of benzene rings is 1. The maximum Gasteiger partial charge on any atom is 0.180 e. The molecule has 1 heterocycles. The Morgan fingerprint density at radius 2 is 1.86 bits per heavy atom. The van der Waals surface area contributed by atoms with Gasteiger partial charge in [-0.1, -0.05) is 0 Å². The summed E-state index contributed by atoms with van der Waals surface area (Å²) in [6.45, 7) is 9.26. The smallest absolute Gasteiger partial charge is 0.180 e. The van der Waals surface area contributed by atoms with E-state index in [1.165, 1.54) is 6.07 Å². The van der Waals surface area contributed by atoms with E-state index in [2.05, 4.69) is 0 Å². The number of carbonyl (C=O) groups is 1. The molecule has 1 N–H and O–H groups in total. The molecule has 0 amide bonds. The maximum atomic E-state index is 13.2. The molecule has 0 saturated carbocycles. The number of hydrogen-bond acceptors (Lipinski definition) is 4. The molecule has 0 aliphatic carbocycles.